The number of hydrogen-bond acceptors (Lipinski definition) is 3. The van der Waals surface area contributed by atoms with Crippen LogP contribution in [0.4, 0.5) is 0 Å². The Morgan fingerprint density at radius 2 is 1.46 bits per heavy atom. The van der Waals surface area contributed by atoms with Crippen molar-refractivity contribution in [3.05, 3.63) is 0 Å². The summed E-state index contributed by atoms with van der Waals surface area (Å²) in [6.45, 7) is 2.23. The van der Waals surface area contributed by atoms with Gasteiger partial charge in [0.05, 0.1) is 0 Å². The number of hydrogen-bond donors (Lipinski definition) is 0. The molecular weight excluding hydrogens is 389 g/mol. The van der Waals surface area contributed by atoms with Crippen molar-refractivity contribution in [2.75, 3.05) is 0 Å². The normalized spacial score (nSPS) is 18.7. The van der Waals surface area contributed by atoms with Crippen molar-refractivity contribution < 1.29 is 9.59 Å². The van der Waals surface area contributed by atoms with E-state index in [0.29, 0.717) is 11.9 Å². The molecule has 0 radical (unpaired) electrons. The van der Waals surface area contributed by atoms with E-state index in [1.54, 1.807) is 0 Å². The Morgan fingerprint density at radius 3 is 1.96 bits per heavy atom. The summed E-state index contributed by atoms with van der Waals surface area (Å²) in [4.78, 5) is 24.1. The number of imide groups is 1. The molecule has 1 heterocycles. The zero-order valence-electron chi connectivity index (χ0n) is 14.4. The van der Waals surface area contributed by atoms with Crippen LogP contribution >= 0.6 is 46.8 Å². The topological polar surface area (TPSA) is 37.4 Å². The van der Waals surface area contributed by atoms with Gasteiger partial charge in [0.2, 0.25) is 11.8 Å². The first kappa shape index (κ1) is 22.4. The van der Waals surface area contributed by atoms with E-state index in [1.165, 1.54) is 51.4 Å². The fraction of sp³-hybridized carbons (Fsp3) is 0.882. The Balaban J connectivity index is 2.09. The molecule has 7 heteroatoms. The van der Waals surface area contributed by atoms with Gasteiger partial charge >= 0.3 is 0 Å². The lowest BCUT2D eigenvalue weighted by molar-refractivity contribution is -0.132. The third-order valence-electron chi connectivity index (χ3n) is 4.30. The zero-order chi connectivity index (χ0) is 18.0. The van der Waals surface area contributed by atoms with Gasteiger partial charge in [-0.05, 0) is 6.42 Å². The molecular formula is C17H28Cl3NO2S. The monoisotopic (exact) mass is 415 g/mol. The van der Waals surface area contributed by atoms with Crippen molar-refractivity contribution in [2.24, 2.45) is 5.92 Å². The van der Waals surface area contributed by atoms with Crippen LogP contribution < -0.4 is 0 Å². The molecule has 1 aliphatic rings. The highest BCUT2D eigenvalue weighted by atomic mass is 35.6. The second-order valence-electron chi connectivity index (χ2n) is 6.44. The van der Waals surface area contributed by atoms with Crippen molar-refractivity contribution in [1.82, 2.24) is 4.31 Å². The van der Waals surface area contributed by atoms with Crippen LogP contribution in [0.5, 0.6) is 0 Å². The average Bonchev–Trinajstić information content (AvgIpc) is 2.75. The molecule has 0 spiro atoms. The van der Waals surface area contributed by atoms with E-state index in [4.69, 9.17) is 34.8 Å². The highest BCUT2D eigenvalue weighted by Crippen LogP contribution is 2.44. The Kier molecular flexibility index (Phi) is 11.1. The maximum Gasteiger partial charge on any atom is 0.256 e. The van der Waals surface area contributed by atoms with Crippen LogP contribution in [0.15, 0.2) is 0 Å². The molecule has 0 aromatic rings. The van der Waals surface area contributed by atoms with E-state index in [2.05, 4.69) is 6.92 Å². The minimum Gasteiger partial charge on any atom is -0.273 e. The van der Waals surface area contributed by atoms with E-state index in [0.717, 1.165) is 23.6 Å². The maximum absolute atomic E-state index is 12.2. The molecule has 1 atom stereocenters. The first-order valence-electron chi connectivity index (χ1n) is 8.97. The lowest BCUT2D eigenvalue weighted by Gasteiger charge is -2.18. The van der Waals surface area contributed by atoms with Gasteiger partial charge in [0.25, 0.3) is 3.12 Å². The van der Waals surface area contributed by atoms with Crippen LogP contribution in [0, 0.1) is 5.92 Å². The molecule has 1 rings (SSSR count). The Hall–Kier alpha value is 0.360. The van der Waals surface area contributed by atoms with Crippen LogP contribution in [-0.4, -0.2) is 19.2 Å². The minimum absolute atomic E-state index is 0.216. The largest absolute Gasteiger partial charge is 0.273 e. The van der Waals surface area contributed by atoms with Crippen molar-refractivity contribution in [3.63, 3.8) is 0 Å². The van der Waals surface area contributed by atoms with Gasteiger partial charge in [-0.15, -0.1) is 0 Å². The SMILES string of the molecule is CCCCCCCCCCCCC1CC(=O)N(SC(Cl)(Cl)Cl)C1=O. The summed E-state index contributed by atoms with van der Waals surface area (Å²) in [5, 5.41) is 0. The first-order chi connectivity index (χ1) is 11.3. The number of carbonyl (C=O) groups is 2. The standard InChI is InChI=1S/C17H28Cl3NO2S/c1-2-3-4-5-6-7-8-9-10-11-12-14-13-15(22)21(16(14)23)24-17(18,19)20/h14H,2-13H2,1H3. The number of rotatable bonds is 12. The summed E-state index contributed by atoms with van der Waals surface area (Å²) in [5.41, 5.74) is 0. The minimum atomic E-state index is -1.68. The molecule has 1 aliphatic heterocycles. The molecule has 0 aromatic carbocycles. The van der Waals surface area contributed by atoms with Gasteiger partial charge in [-0.3, -0.25) is 9.59 Å². The molecule has 1 fully saturated rings. The van der Waals surface area contributed by atoms with Gasteiger partial charge in [0.15, 0.2) is 0 Å². The Morgan fingerprint density at radius 1 is 0.958 bits per heavy atom. The molecule has 2 amide bonds. The summed E-state index contributed by atoms with van der Waals surface area (Å²) in [7, 11) is 0. The fourth-order valence-corrected chi connectivity index (χ4v) is 4.22. The van der Waals surface area contributed by atoms with E-state index in [-0.39, 0.29) is 24.2 Å². The number of nitrogens with zero attached hydrogens (tertiary/aromatic N) is 1. The van der Waals surface area contributed by atoms with Gasteiger partial charge in [0.1, 0.15) is 0 Å². The predicted octanol–water partition coefficient (Wildman–Crippen LogP) is 6.65. The van der Waals surface area contributed by atoms with Crippen LogP contribution in [0.3, 0.4) is 0 Å². The summed E-state index contributed by atoms with van der Waals surface area (Å²) in [6.07, 6.45) is 13.5. The zero-order valence-corrected chi connectivity index (χ0v) is 17.5. The molecule has 1 unspecified atom stereocenters. The molecule has 140 valence electrons. The maximum atomic E-state index is 12.2. The fourth-order valence-electron chi connectivity index (χ4n) is 2.97. The second kappa shape index (κ2) is 11.9. The Bertz CT molecular complexity index is 402. The summed E-state index contributed by atoms with van der Waals surface area (Å²) < 4.78 is -0.661. The summed E-state index contributed by atoms with van der Waals surface area (Å²) in [6, 6.07) is 0. The average molecular weight is 417 g/mol. The smallest absolute Gasteiger partial charge is 0.256 e. The van der Waals surface area contributed by atoms with Gasteiger partial charge in [-0.2, -0.15) is 0 Å². The molecule has 1 saturated heterocycles. The number of amides is 2. The van der Waals surface area contributed by atoms with E-state index in [9.17, 15) is 9.59 Å². The molecule has 0 N–H and O–H groups in total. The number of halogens is 3. The number of carbonyl (C=O) groups excluding carboxylic acids is 2. The van der Waals surface area contributed by atoms with Gasteiger partial charge in [-0.1, -0.05) is 106 Å². The number of unbranched alkanes of at least 4 members (excludes halogenated alkanes) is 9. The molecule has 0 aliphatic carbocycles. The van der Waals surface area contributed by atoms with Crippen LogP contribution in [0.2, 0.25) is 0 Å². The van der Waals surface area contributed by atoms with Crippen LogP contribution in [-0.2, 0) is 9.59 Å². The third kappa shape index (κ3) is 9.17. The van der Waals surface area contributed by atoms with Gasteiger partial charge < -0.3 is 0 Å². The third-order valence-corrected chi connectivity index (χ3v) is 5.69. The lowest BCUT2D eigenvalue weighted by atomic mass is 9.98. The summed E-state index contributed by atoms with van der Waals surface area (Å²) in [5.74, 6) is -0.716. The number of alkyl halides is 3. The highest BCUT2D eigenvalue weighted by molar-refractivity contribution is 8.03. The predicted molar refractivity (Wildman–Crippen MR) is 104 cm³/mol. The molecule has 0 bridgehead atoms. The van der Waals surface area contributed by atoms with Crippen LogP contribution in [0.25, 0.3) is 0 Å². The first-order valence-corrected chi connectivity index (χ1v) is 10.9. The summed E-state index contributed by atoms with van der Waals surface area (Å²) >= 11 is 17.6. The lowest BCUT2D eigenvalue weighted by Crippen LogP contribution is -2.26. The van der Waals surface area contributed by atoms with E-state index < -0.39 is 3.12 Å². The van der Waals surface area contributed by atoms with Crippen molar-refractivity contribution in [2.45, 2.75) is 87.1 Å². The quantitative estimate of drug-likeness (QED) is 0.155. The van der Waals surface area contributed by atoms with Crippen molar-refractivity contribution in [3.8, 4) is 0 Å². The van der Waals surface area contributed by atoms with Gasteiger partial charge in [-0.25, -0.2) is 4.31 Å². The van der Waals surface area contributed by atoms with Crippen LogP contribution in [0.1, 0.15) is 84.0 Å². The van der Waals surface area contributed by atoms with Crippen molar-refractivity contribution >= 4 is 58.6 Å². The van der Waals surface area contributed by atoms with Gasteiger partial charge in [0, 0.05) is 24.3 Å². The highest BCUT2D eigenvalue weighted by Gasteiger charge is 2.42. The second-order valence-corrected chi connectivity index (χ2v) is 10.5. The van der Waals surface area contributed by atoms with E-state index in [1.807, 2.05) is 0 Å². The molecule has 24 heavy (non-hydrogen) atoms. The molecule has 0 saturated carbocycles. The molecule has 0 aromatic heterocycles. The van der Waals surface area contributed by atoms with E-state index >= 15 is 0 Å². The van der Waals surface area contributed by atoms with Crippen molar-refractivity contribution in [1.29, 1.82) is 0 Å². The molecule has 3 nitrogen and oxygen atoms in total. The Labute approximate surface area is 165 Å².